The first-order valence-corrected chi connectivity index (χ1v) is 6.99. The Kier molecular flexibility index (Phi) is 4.60. The molecule has 2 atom stereocenters. The maximum absolute atomic E-state index is 14.4. The average Bonchev–Trinajstić information content (AvgIpc) is 2.39. The third-order valence-corrected chi connectivity index (χ3v) is 3.80. The van der Waals surface area contributed by atoms with Crippen molar-refractivity contribution in [3.8, 4) is 0 Å². The maximum Gasteiger partial charge on any atom is 0.173 e. The number of nitrogens with two attached hydrogens (primary N) is 1. The van der Waals surface area contributed by atoms with Crippen molar-refractivity contribution in [1.29, 1.82) is 0 Å². The minimum absolute atomic E-state index is 0.156. The highest BCUT2D eigenvalue weighted by Gasteiger charge is 2.23. The van der Waals surface area contributed by atoms with Crippen LogP contribution >= 0.6 is 0 Å². The zero-order chi connectivity index (χ0) is 14.7. The lowest BCUT2D eigenvalue weighted by Gasteiger charge is -2.35. The fourth-order valence-corrected chi connectivity index (χ4v) is 3.12. The van der Waals surface area contributed by atoms with Gasteiger partial charge in [0.2, 0.25) is 0 Å². The number of piperidine rings is 1. The molecule has 0 saturated carbocycles. The average molecular weight is 279 g/mol. The monoisotopic (exact) mass is 279 g/mol. The Hall–Kier alpha value is -1.62. The Morgan fingerprint density at radius 1 is 1.40 bits per heavy atom. The number of likely N-dealkylation sites (tertiary alicyclic amines) is 1. The molecule has 5 heteroatoms. The molecule has 0 bridgehead atoms. The Morgan fingerprint density at radius 3 is 2.65 bits per heavy atom. The molecule has 1 heterocycles. The Bertz CT molecular complexity index is 494. The summed E-state index contributed by atoms with van der Waals surface area (Å²) in [5.74, 6) is 0.682. The van der Waals surface area contributed by atoms with E-state index in [2.05, 4.69) is 23.9 Å². The topological polar surface area (TPSA) is 61.8 Å². The summed E-state index contributed by atoms with van der Waals surface area (Å²) >= 11 is 0. The Balaban J connectivity index is 2.17. The van der Waals surface area contributed by atoms with E-state index in [1.807, 2.05) is 0 Å². The van der Waals surface area contributed by atoms with Crippen molar-refractivity contribution >= 4 is 5.84 Å². The molecule has 0 radical (unpaired) electrons. The van der Waals surface area contributed by atoms with Crippen molar-refractivity contribution in [2.24, 2.45) is 22.7 Å². The summed E-state index contributed by atoms with van der Waals surface area (Å²) in [4.78, 5) is 2.27. The predicted molar refractivity (Wildman–Crippen MR) is 77.1 cm³/mol. The van der Waals surface area contributed by atoms with Gasteiger partial charge in [-0.05, 0) is 24.3 Å². The number of benzene rings is 1. The zero-order valence-corrected chi connectivity index (χ0v) is 12.0. The summed E-state index contributed by atoms with van der Waals surface area (Å²) in [6.45, 7) is 6.99. The molecule has 4 nitrogen and oxygen atoms in total. The third kappa shape index (κ3) is 3.28. The summed E-state index contributed by atoms with van der Waals surface area (Å²) in [7, 11) is 0. The molecular formula is C15H22FN3O. The second-order valence-corrected chi connectivity index (χ2v) is 5.90. The van der Waals surface area contributed by atoms with Gasteiger partial charge in [0.05, 0.1) is 5.56 Å². The minimum Gasteiger partial charge on any atom is -0.409 e. The third-order valence-electron chi connectivity index (χ3n) is 3.80. The van der Waals surface area contributed by atoms with E-state index in [-0.39, 0.29) is 11.4 Å². The van der Waals surface area contributed by atoms with Gasteiger partial charge in [-0.25, -0.2) is 4.39 Å². The molecule has 1 aliphatic rings. The lowest BCUT2D eigenvalue weighted by atomic mass is 9.91. The van der Waals surface area contributed by atoms with Crippen LogP contribution in [0.3, 0.4) is 0 Å². The van der Waals surface area contributed by atoms with E-state index in [1.165, 1.54) is 12.5 Å². The molecule has 3 N–H and O–H groups in total. The standard InChI is InChI=1S/C15H22FN3O/c1-10-6-11(2)8-19(7-10)9-12-4-3-5-13(14(12)16)15(17)18-20/h3-5,10-11,20H,6-9H2,1-2H3,(H2,17,18). The smallest absolute Gasteiger partial charge is 0.173 e. The summed E-state index contributed by atoms with van der Waals surface area (Å²) in [6, 6.07) is 5.02. The number of oxime groups is 1. The molecule has 1 saturated heterocycles. The van der Waals surface area contributed by atoms with Crippen molar-refractivity contribution in [1.82, 2.24) is 4.90 Å². The fourth-order valence-electron chi connectivity index (χ4n) is 3.12. The van der Waals surface area contributed by atoms with Gasteiger partial charge in [0.1, 0.15) is 5.82 Å². The molecule has 2 rings (SSSR count). The number of hydrogen-bond donors (Lipinski definition) is 2. The second-order valence-electron chi connectivity index (χ2n) is 5.90. The zero-order valence-electron chi connectivity index (χ0n) is 12.0. The van der Waals surface area contributed by atoms with E-state index in [9.17, 15) is 4.39 Å². The van der Waals surface area contributed by atoms with Crippen LogP contribution in [0.15, 0.2) is 23.4 Å². The first-order valence-electron chi connectivity index (χ1n) is 6.99. The van der Waals surface area contributed by atoms with Crippen molar-refractivity contribution in [2.45, 2.75) is 26.8 Å². The van der Waals surface area contributed by atoms with E-state index >= 15 is 0 Å². The molecular weight excluding hydrogens is 257 g/mol. The highest BCUT2D eigenvalue weighted by molar-refractivity contribution is 5.97. The van der Waals surface area contributed by atoms with E-state index < -0.39 is 5.82 Å². The summed E-state index contributed by atoms with van der Waals surface area (Å²) in [5.41, 5.74) is 6.24. The summed E-state index contributed by atoms with van der Waals surface area (Å²) in [6.07, 6.45) is 1.23. The molecule has 0 aromatic heterocycles. The molecule has 1 aromatic carbocycles. The SMILES string of the molecule is CC1CC(C)CN(Cc2cccc(/C(N)=N/O)c2F)C1. The second kappa shape index (κ2) is 6.22. The van der Waals surface area contributed by atoms with Crippen LogP contribution in [0.5, 0.6) is 0 Å². The highest BCUT2D eigenvalue weighted by Crippen LogP contribution is 2.23. The number of amidine groups is 1. The van der Waals surface area contributed by atoms with E-state index in [4.69, 9.17) is 10.9 Å². The van der Waals surface area contributed by atoms with Gasteiger partial charge in [-0.1, -0.05) is 31.1 Å². The molecule has 20 heavy (non-hydrogen) atoms. The Labute approximate surface area is 119 Å². The molecule has 110 valence electrons. The van der Waals surface area contributed by atoms with Crippen molar-refractivity contribution in [3.63, 3.8) is 0 Å². The maximum atomic E-state index is 14.4. The number of rotatable bonds is 3. The van der Waals surface area contributed by atoms with E-state index in [1.54, 1.807) is 12.1 Å². The highest BCUT2D eigenvalue weighted by atomic mass is 19.1. The van der Waals surface area contributed by atoms with Gasteiger partial charge < -0.3 is 10.9 Å². The largest absolute Gasteiger partial charge is 0.409 e. The van der Waals surface area contributed by atoms with Crippen LogP contribution in [-0.4, -0.2) is 29.0 Å². The summed E-state index contributed by atoms with van der Waals surface area (Å²) in [5, 5.41) is 11.6. The number of hydrogen-bond acceptors (Lipinski definition) is 3. The van der Waals surface area contributed by atoms with Gasteiger partial charge in [-0.2, -0.15) is 0 Å². The molecule has 2 unspecified atom stereocenters. The molecule has 1 fully saturated rings. The van der Waals surface area contributed by atoms with Gasteiger partial charge in [0.25, 0.3) is 0 Å². The Morgan fingerprint density at radius 2 is 2.05 bits per heavy atom. The van der Waals surface area contributed by atoms with Crippen LogP contribution < -0.4 is 5.73 Å². The van der Waals surface area contributed by atoms with Crippen LogP contribution in [0.25, 0.3) is 0 Å². The number of halogens is 1. The molecule has 1 aromatic rings. The first kappa shape index (κ1) is 14.8. The van der Waals surface area contributed by atoms with Gasteiger partial charge >= 0.3 is 0 Å². The quantitative estimate of drug-likeness (QED) is 0.386. The van der Waals surface area contributed by atoms with Gasteiger partial charge in [0.15, 0.2) is 5.84 Å². The van der Waals surface area contributed by atoms with Crippen LogP contribution in [0.1, 0.15) is 31.4 Å². The minimum atomic E-state index is -0.395. The van der Waals surface area contributed by atoms with Gasteiger partial charge in [-0.15, -0.1) is 0 Å². The van der Waals surface area contributed by atoms with Crippen molar-refractivity contribution in [2.75, 3.05) is 13.1 Å². The van der Waals surface area contributed by atoms with E-state index in [0.717, 1.165) is 13.1 Å². The van der Waals surface area contributed by atoms with Crippen LogP contribution in [-0.2, 0) is 6.54 Å². The molecule has 0 aliphatic carbocycles. The van der Waals surface area contributed by atoms with Crippen molar-refractivity contribution in [3.05, 3.63) is 35.1 Å². The van der Waals surface area contributed by atoms with Gasteiger partial charge in [0, 0.05) is 25.2 Å². The lowest BCUT2D eigenvalue weighted by Crippen LogP contribution is -2.38. The predicted octanol–water partition coefficient (Wildman–Crippen LogP) is 2.40. The van der Waals surface area contributed by atoms with E-state index in [0.29, 0.717) is 23.9 Å². The molecule has 0 amide bonds. The molecule has 1 aliphatic heterocycles. The molecule has 0 spiro atoms. The fraction of sp³-hybridized carbons (Fsp3) is 0.533. The normalized spacial score (nSPS) is 24.9. The van der Waals surface area contributed by atoms with Crippen LogP contribution in [0, 0.1) is 17.7 Å². The first-order chi connectivity index (χ1) is 9.51. The van der Waals surface area contributed by atoms with Crippen LogP contribution in [0.2, 0.25) is 0 Å². The van der Waals surface area contributed by atoms with Gasteiger partial charge in [-0.3, -0.25) is 4.90 Å². The van der Waals surface area contributed by atoms with Crippen LogP contribution in [0.4, 0.5) is 4.39 Å². The van der Waals surface area contributed by atoms with Crippen molar-refractivity contribution < 1.29 is 9.60 Å². The summed E-state index contributed by atoms with van der Waals surface area (Å²) < 4.78 is 14.4. The lowest BCUT2D eigenvalue weighted by molar-refractivity contribution is 0.133. The number of nitrogens with zero attached hydrogens (tertiary/aromatic N) is 2.